The van der Waals surface area contributed by atoms with Gasteiger partial charge in [-0.15, -0.1) is 0 Å². The van der Waals surface area contributed by atoms with Gasteiger partial charge in [-0.3, -0.25) is 10.1 Å². The van der Waals surface area contributed by atoms with Gasteiger partial charge in [-0.1, -0.05) is 18.2 Å². The van der Waals surface area contributed by atoms with Crippen LogP contribution in [0, 0.1) is 15.9 Å². The van der Waals surface area contributed by atoms with Gasteiger partial charge in [0.1, 0.15) is 18.2 Å². The Bertz CT molecular complexity index is 659. The van der Waals surface area contributed by atoms with E-state index in [-0.39, 0.29) is 18.3 Å². The lowest BCUT2D eigenvalue weighted by Crippen LogP contribution is -2.08. The maximum absolute atomic E-state index is 13.3. The molecule has 0 aliphatic carbocycles. The lowest BCUT2D eigenvalue weighted by atomic mass is 10.1. The van der Waals surface area contributed by atoms with Crippen molar-refractivity contribution >= 4 is 5.69 Å². The molecule has 0 heterocycles. The highest BCUT2D eigenvalue weighted by Gasteiger charge is 2.11. The summed E-state index contributed by atoms with van der Waals surface area (Å²) in [6.07, 6.45) is 0. The number of nitrogens with two attached hydrogens (primary N) is 1. The van der Waals surface area contributed by atoms with Crippen LogP contribution in [0.1, 0.15) is 24.1 Å². The molecule has 2 aromatic carbocycles. The molecule has 5 nitrogen and oxygen atoms in total. The molecule has 0 spiro atoms. The van der Waals surface area contributed by atoms with E-state index in [1.807, 2.05) is 0 Å². The monoisotopic (exact) mass is 290 g/mol. The third kappa shape index (κ3) is 3.76. The molecule has 6 heteroatoms. The van der Waals surface area contributed by atoms with E-state index in [9.17, 15) is 14.5 Å². The van der Waals surface area contributed by atoms with Crippen LogP contribution in [0.25, 0.3) is 0 Å². The second-order valence-corrected chi connectivity index (χ2v) is 4.69. The molecule has 2 aromatic rings. The Hall–Kier alpha value is -2.47. The van der Waals surface area contributed by atoms with Crippen LogP contribution >= 0.6 is 0 Å². The van der Waals surface area contributed by atoms with Crippen molar-refractivity contribution in [2.75, 3.05) is 0 Å². The van der Waals surface area contributed by atoms with Crippen LogP contribution in [0.15, 0.2) is 42.5 Å². The smallest absolute Gasteiger partial charge is 0.269 e. The van der Waals surface area contributed by atoms with Crippen LogP contribution in [0.5, 0.6) is 5.75 Å². The zero-order valence-electron chi connectivity index (χ0n) is 11.5. The quantitative estimate of drug-likeness (QED) is 0.676. The normalized spacial score (nSPS) is 12.0. The molecule has 2 rings (SSSR count). The zero-order chi connectivity index (χ0) is 15.4. The second kappa shape index (κ2) is 6.32. The fourth-order valence-corrected chi connectivity index (χ4v) is 1.93. The lowest BCUT2D eigenvalue weighted by molar-refractivity contribution is -0.384. The molecule has 1 atom stereocenters. The van der Waals surface area contributed by atoms with E-state index in [0.717, 1.165) is 0 Å². The van der Waals surface area contributed by atoms with Gasteiger partial charge < -0.3 is 10.5 Å². The van der Waals surface area contributed by atoms with Gasteiger partial charge in [0.25, 0.3) is 5.69 Å². The number of hydrogen-bond acceptors (Lipinski definition) is 4. The summed E-state index contributed by atoms with van der Waals surface area (Å²) in [6.45, 7) is 1.87. The van der Waals surface area contributed by atoms with Crippen LogP contribution < -0.4 is 10.5 Å². The highest BCUT2D eigenvalue weighted by atomic mass is 19.1. The van der Waals surface area contributed by atoms with Gasteiger partial charge in [0.2, 0.25) is 0 Å². The van der Waals surface area contributed by atoms with E-state index in [1.165, 1.54) is 24.3 Å². The van der Waals surface area contributed by atoms with E-state index in [2.05, 4.69) is 0 Å². The Morgan fingerprint density at radius 2 is 2.10 bits per heavy atom. The molecular formula is C15H15FN2O3. The van der Waals surface area contributed by atoms with Crippen molar-refractivity contribution in [3.63, 3.8) is 0 Å². The van der Waals surface area contributed by atoms with Gasteiger partial charge in [0.05, 0.1) is 4.92 Å². The molecule has 0 unspecified atom stereocenters. The largest absolute Gasteiger partial charge is 0.488 e. The van der Waals surface area contributed by atoms with Crippen LogP contribution in [-0.2, 0) is 6.61 Å². The number of halogens is 1. The molecule has 0 radical (unpaired) electrons. The lowest BCUT2D eigenvalue weighted by Gasteiger charge is -2.14. The number of hydrogen-bond donors (Lipinski definition) is 1. The summed E-state index contributed by atoms with van der Waals surface area (Å²) in [5.74, 6) is -0.0788. The van der Waals surface area contributed by atoms with Crippen molar-refractivity contribution in [2.45, 2.75) is 19.6 Å². The highest BCUT2D eigenvalue weighted by Crippen LogP contribution is 2.26. The van der Waals surface area contributed by atoms with Gasteiger partial charge in [-0.25, -0.2) is 4.39 Å². The third-order valence-electron chi connectivity index (χ3n) is 2.98. The summed E-state index contributed by atoms with van der Waals surface area (Å²) in [4.78, 5) is 10.2. The number of non-ortho nitro benzene ring substituents is 1. The number of nitro benzene ring substituents is 1. The van der Waals surface area contributed by atoms with E-state index in [1.54, 1.807) is 25.1 Å². The van der Waals surface area contributed by atoms with Gasteiger partial charge in [0, 0.05) is 29.8 Å². The summed E-state index contributed by atoms with van der Waals surface area (Å²) < 4.78 is 18.9. The average Bonchev–Trinajstić information content (AvgIpc) is 2.45. The Kier molecular flexibility index (Phi) is 4.49. The van der Waals surface area contributed by atoms with Crippen LogP contribution in [0.4, 0.5) is 10.1 Å². The Morgan fingerprint density at radius 1 is 1.33 bits per heavy atom. The number of nitro groups is 1. The summed E-state index contributed by atoms with van der Waals surface area (Å²) in [5, 5.41) is 10.7. The Balaban J connectivity index is 2.18. The number of rotatable bonds is 5. The average molecular weight is 290 g/mol. The molecule has 0 fully saturated rings. The minimum atomic E-state index is -0.473. The molecule has 110 valence electrons. The van der Waals surface area contributed by atoms with Crippen molar-refractivity contribution in [3.8, 4) is 5.75 Å². The number of nitrogens with zero attached hydrogens (tertiary/aromatic N) is 1. The van der Waals surface area contributed by atoms with Crippen LogP contribution in [0.2, 0.25) is 0 Å². The number of benzene rings is 2. The molecule has 0 aromatic heterocycles. The highest BCUT2D eigenvalue weighted by molar-refractivity contribution is 5.37. The number of ether oxygens (including phenoxy) is 1. The molecular weight excluding hydrogens is 275 g/mol. The predicted molar refractivity (Wildman–Crippen MR) is 76.4 cm³/mol. The molecule has 0 saturated heterocycles. The minimum absolute atomic E-state index is 0.0113. The SMILES string of the molecule is C[C@@H](N)c1ccc(F)cc1OCc1cccc([N+](=O)[O-])c1. The first-order valence-corrected chi connectivity index (χ1v) is 6.38. The summed E-state index contributed by atoms with van der Waals surface area (Å²) in [6, 6.07) is 9.96. The van der Waals surface area contributed by atoms with E-state index in [4.69, 9.17) is 10.5 Å². The fraction of sp³-hybridized carbons (Fsp3) is 0.200. The molecule has 0 amide bonds. The van der Waals surface area contributed by atoms with E-state index >= 15 is 0 Å². The topological polar surface area (TPSA) is 78.4 Å². The van der Waals surface area contributed by atoms with Gasteiger partial charge in [0.15, 0.2) is 0 Å². The van der Waals surface area contributed by atoms with Crippen molar-refractivity contribution in [1.82, 2.24) is 0 Å². The first-order valence-electron chi connectivity index (χ1n) is 6.38. The summed E-state index contributed by atoms with van der Waals surface area (Å²) >= 11 is 0. The molecule has 2 N–H and O–H groups in total. The molecule has 0 aliphatic rings. The van der Waals surface area contributed by atoms with Crippen LogP contribution in [-0.4, -0.2) is 4.92 Å². The fourth-order valence-electron chi connectivity index (χ4n) is 1.93. The van der Waals surface area contributed by atoms with Gasteiger partial charge in [-0.2, -0.15) is 0 Å². The standard InChI is InChI=1S/C15H15FN2O3/c1-10(17)14-6-5-12(16)8-15(14)21-9-11-3-2-4-13(7-11)18(19)20/h2-8,10H,9,17H2,1H3/t10-/m1/s1. The van der Waals surface area contributed by atoms with Crippen molar-refractivity contribution in [2.24, 2.45) is 5.73 Å². The van der Waals surface area contributed by atoms with Crippen molar-refractivity contribution < 1.29 is 14.1 Å². The zero-order valence-corrected chi connectivity index (χ0v) is 11.5. The Labute approximate surface area is 121 Å². The minimum Gasteiger partial charge on any atom is -0.488 e. The first-order chi connectivity index (χ1) is 9.97. The van der Waals surface area contributed by atoms with E-state index < -0.39 is 10.7 Å². The molecule has 21 heavy (non-hydrogen) atoms. The van der Waals surface area contributed by atoms with Crippen molar-refractivity contribution in [3.05, 3.63) is 69.5 Å². The molecule has 0 saturated carbocycles. The van der Waals surface area contributed by atoms with Crippen LogP contribution in [0.3, 0.4) is 0 Å². The predicted octanol–water partition coefficient (Wildman–Crippen LogP) is 3.33. The molecule has 0 aliphatic heterocycles. The third-order valence-corrected chi connectivity index (χ3v) is 2.98. The Morgan fingerprint density at radius 3 is 2.76 bits per heavy atom. The summed E-state index contributed by atoms with van der Waals surface area (Å²) in [5.41, 5.74) is 7.11. The van der Waals surface area contributed by atoms with Crippen molar-refractivity contribution in [1.29, 1.82) is 0 Å². The van der Waals surface area contributed by atoms with Gasteiger partial charge >= 0.3 is 0 Å². The van der Waals surface area contributed by atoms with Gasteiger partial charge in [-0.05, 0) is 18.6 Å². The maximum Gasteiger partial charge on any atom is 0.269 e. The summed E-state index contributed by atoms with van der Waals surface area (Å²) in [7, 11) is 0. The molecule has 0 bridgehead atoms. The van der Waals surface area contributed by atoms with E-state index in [0.29, 0.717) is 16.9 Å². The second-order valence-electron chi connectivity index (χ2n) is 4.69. The maximum atomic E-state index is 13.3. The first kappa shape index (κ1) is 14.9.